The van der Waals surface area contributed by atoms with E-state index in [1.54, 1.807) is 0 Å². The lowest BCUT2D eigenvalue weighted by Crippen LogP contribution is -2.54. The molecule has 4 heteroatoms. The molecule has 6 fully saturated rings. The summed E-state index contributed by atoms with van der Waals surface area (Å²) in [6.07, 6.45) is 9.10. The molecule has 1 atom stereocenters. The second-order valence-corrected chi connectivity index (χ2v) is 9.52. The van der Waals surface area contributed by atoms with E-state index in [-0.39, 0.29) is 5.41 Å². The van der Waals surface area contributed by atoms with Crippen molar-refractivity contribution in [1.82, 2.24) is 9.80 Å². The number of likely N-dealkylation sites (tertiary alicyclic amines) is 1. The van der Waals surface area contributed by atoms with Gasteiger partial charge in [-0.05, 0) is 68.6 Å². The van der Waals surface area contributed by atoms with Crippen LogP contribution in [0.25, 0.3) is 0 Å². The molecule has 4 nitrogen and oxygen atoms in total. The van der Waals surface area contributed by atoms with E-state index in [4.69, 9.17) is 4.74 Å². The molecule has 2 heterocycles. The maximum Gasteiger partial charge on any atom is 0.228 e. The number of morpholine rings is 1. The van der Waals surface area contributed by atoms with Crippen LogP contribution in [0.4, 0.5) is 0 Å². The monoisotopic (exact) mass is 332 g/mol. The number of hydrogen-bond donors (Lipinski definition) is 0. The molecule has 24 heavy (non-hydrogen) atoms. The van der Waals surface area contributed by atoms with E-state index in [1.807, 2.05) is 0 Å². The van der Waals surface area contributed by atoms with Crippen LogP contribution in [0.3, 0.4) is 0 Å². The molecule has 6 rings (SSSR count). The number of hydrogen-bond acceptors (Lipinski definition) is 3. The fraction of sp³-hybridized carbons (Fsp3) is 0.950. The molecule has 4 saturated carbocycles. The van der Waals surface area contributed by atoms with Gasteiger partial charge in [-0.3, -0.25) is 9.69 Å². The molecule has 4 aliphatic carbocycles. The lowest BCUT2D eigenvalue weighted by atomic mass is 9.49. The van der Waals surface area contributed by atoms with E-state index in [2.05, 4.69) is 9.80 Å². The van der Waals surface area contributed by atoms with Crippen molar-refractivity contribution in [2.75, 3.05) is 45.9 Å². The molecule has 134 valence electrons. The summed E-state index contributed by atoms with van der Waals surface area (Å²) in [4.78, 5) is 18.2. The van der Waals surface area contributed by atoms with E-state index >= 15 is 0 Å². The topological polar surface area (TPSA) is 32.8 Å². The van der Waals surface area contributed by atoms with E-state index in [0.29, 0.717) is 11.8 Å². The molecule has 0 aromatic heterocycles. The van der Waals surface area contributed by atoms with Gasteiger partial charge in [0.15, 0.2) is 0 Å². The van der Waals surface area contributed by atoms with Gasteiger partial charge in [-0.15, -0.1) is 0 Å². The summed E-state index contributed by atoms with van der Waals surface area (Å²) in [6.45, 7) is 7.08. The van der Waals surface area contributed by atoms with Crippen molar-refractivity contribution < 1.29 is 9.53 Å². The highest BCUT2D eigenvalue weighted by Crippen LogP contribution is 2.60. The number of nitrogens with zero attached hydrogens (tertiary/aromatic N) is 2. The Morgan fingerprint density at radius 2 is 1.58 bits per heavy atom. The van der Waals surface area contributed by atoms with Gasteiger partial charge in [0.05, 0.1) is 18.6 Å². The molecular weight excluding hydrogens is 300 g/mol. The van der Waals surface area contributed by atoms with Crippen molar-refractivity contribution in [3.63, 3.8) is 0 Å². The van der Waals surface area contributed by atoms with Crippen LogP contribution in [-0.4, -0.2) is 61.6 Å². The van der Waals surface area contributed by atoms with Crippen molar-refractivity contribution in [3.8, 4) is 0 Å². The minimum Gasteiger partial charge on any atom is -0.379 e. The molecule has 4 bridgehead atoms. The summed E-state index contributed by atoms with van der Waals surface area (Å²) in [5.74, 6) is 3.83. The largest absolute Gasteiger partial charge is 0.379 e. The maximum absolute atomic E-state index is 13.4. The molecular formula is C20H32N2O2. The highest BCUT2D eigenvalue weighted by Gasteiger charge is 2.56. The van der Waals surface area contributed by atoms with Gasteiger partial charge in [-0.25, -0.2) is 0 Å². The van der Waals surface area contributed by atoms with Crippen molar-refractivity contribution in [2.45, 2.75) is 44.9 Å². The van der Waals surface area contributed by atoms with Crippen LogP contribution in [-0.2, 0) is 9.53 Å². The Kier molecular flexibility index (Phi) is 3.89. The predicted molar refractivity (Wildman–Crippen MR) is 92.6 cm³/mol. The van der Waals surface area contributed by atoms with Gasteiger partial charge in [0, 0.05) is 32.7 Å². The van der Waals surface area contributed by atoms with Crippen molar-refractivity contribution in [3.05, 3.63) is 0 Å². The molecule has 0 aromatic rings. The highest BCUT2D eigenvalue weighted by molar-refractivity contribution is 5.83. The van der Waals surface area contributed by atoms with Gasteiger partial charge in [0.25, 0.3) is 0 Å². The molecule has 1 unspecified atom stereocenters. The van der Waals surface area contributed by atoms with Crippen LogP contribution in [0.5, 0.6) is 0 Å². The smallest absolute Gasteiger partial charge is 0.228 e. The van der Waals surface area contributed by atoms with Crippen molar-refractivity contribution in [1.29, 1.82) is 0 Å². The summed E-state index contributed by atoms with van der Waals surface area (Å²) in [5, 5.41) is 0. The van der Waals surface area contributed by atoms with Crippen molar-refractivity contribution in [2.24, 2.45) is 29.1 Å². The SMILES string of the molecule is O=C(N1CCC(CN2CCOCC2)C1)C12CC3CC(CC(C3)C1)C2. The van der Waals surface area contributed by atoms with Gasteiger partial charge in [0.2, 0.25) is 5.91 Å². The van der Waals surface area contributed by atoms with Gasteiger partial charge in [-0.1, -0.05) is 0 Å². The molecule has 1 amide bonds. The first-order valence-corrected chi connectivity index (χ1v) is 10.3. The normalized spacial score (nSPS) is 45.1. The third-order valence-electron chi connectivity index (χ3n) is 7.69. The number of carbonyl (C=O) groups is 1. The lowest BCUT2D eigenvalue weighted by molar-refractivity contribution is -0.156. The molecule has 2 aliphatic heterocycles. The summed E-state index contributed by atoms with van der Waals surface area (Å²) < 4.78 is 5.46. The van der Waals surface area contributed by atoms with Crippen LogP contribution >= 0.6 is 0 Å². The number of carbonyl (C=O) groups excluding carboxylic acids is 1. The van der Waals surface area contributed by atoms with Crippen LogP contribution < -0.4 is 0 Å². The molecule has 0 radical (unpaired) electrons. The lowest BCUT2D eigenvalue weighted by Gasteiger charge is -2.56. The van der Waals surface area contributed by atoms with Crippen molar-refractivity contribution >= 4 is 5.91 Å². The number of ether oxygens (including phenoxy) is 1. The van der Waals surface area contributed by atoms with E-state index < -0.39 is 0 Å². The molecule has 0 N–H and O–H groups in total. The average molecular weight is 332 g/mol. The molecule has 0 spiro atoms. The first-order chi connectivity index (χ1) is 11.7. The highest BCUT2D eigenvalue weighted by atomic mass is 16.5. The minimum absolute atomic E-state index is 0.0581. The van der Waals surface area contributed by atoms with Gasteiger partial charge in [0.1, 0.15) is 0 Å². The Balaban J connectivity index is 1.22. The van der Waals surface area contributed by atoms with E-state index in [9.17, 15) is 4.79 Å². The Hall–Kier alpha value is -0.610. The zero-order valence-electron chi connectivity index (χ0n) is 14.9. The molecule has 0 aromatic carbocycles. The average Bonchev–Trinajstić information content (AvgIpc) is 3.02. The summed E-state index contributed by atoms with van der Waals surface area (Å²) in [5.41, 5.74) is 0.0581. The number of rotatable bonds is 3. The Labute approximate surface area is 145 Å². The van der Waals surface area contributed by atoms with E-state index in [0.717, 1.165) is 63.7 Å². The van der Waals surface area contributed by atoms with Crippen LogP contribution in [0.15, 0.2) is 0 Å². The summed E-state index contributed by atoms with van der Waals surface area (Å²) in [6, 6.07) is 0. The summed E-state index contributed by atoms with van der Waals surface area (Å²) in [7, 11) is 0. The zero-order chi connectivity index (χ0) is 16.1. The predicted octanol–water partition coefficient (Wildman–Crippen LogP) is 2.38. The fourth-order valence-corrected chi connectivity index (χ4v) is 7.02. The number of amides is 1. The maximum atomic E-state index is 13.4. The third kappa shape index (κ3) is 2.70. The van der Waals surface area contributed by atoms with E-state index in [1.165, 1.54) is 44.9 Å². The van der Waals surface area contributed by atoms with Crippen LogP contribution in [0.1, 0.15) is 44.9 Å². The summed E-state index contributed by atoms with van der Waals surface area (Å²) >= 11 is 0. The van der Waals surface area contributed by atoms with Gasteiger partial charge >= 0.3 is 0 Å². The Morgan fingerprint density at radius 3 is 2.21 bits per heavy atom. The molecule has 2 saturated heterocycles. The minimum atomic E-state index is 0.0581. The second-order valence-electron chi connectivity index (χ2n) is 9.52. The Bertz CT molecular complexity index is 465. The zero-order valence-corrected chi connectivity index (χ0v) is 14.9. The standard InChI is InChI=1S/C20H32N2O2/c23-19(20-10-16-7-17(11-20)9-18(8-16)12-20)22-2-1-15(14-22)13-21-3-5-24-6-4-21/h15-18H,1-14H2. The first-order valence-electron chi connectivity index (χ1n) is 10.3. The molecule has 6 aliphatic rings. The van der Waals surface area contributed by atoms with Crippen LogP contribution in [0.2, 0.25) is 0 Å². The first kappa shape index (κ1) is 15.6. The fourth-order valence-electron chi connectivity index (χ4n) is 7.02. The third-order valence-corrected chi connectivity index (χ3v) is 7.69. The van der Waals surface area contributed by atoms with Gasteiger partial charge < -0.3 is 9.64 Å². The Morgan fingerprint density at radius 1 is 0.958 bits per heavy atom. The van der Waals surface area contributed by atoms with Crippen LogP contribution in [0, 0.1) is 29.1 Å². The quantitative estimate of drug-likeness (QED) is 0.795. The van der Waals surface area contributed by atoms with Gasteiger partial charge in [-0.2, -0.15) is 0 Å². The second kappa shape index (κ2) is 5.98.